The van der Waals surface area contributed by atoms with Gasteiger partial charge in [-0.25, -0.2) is 4.98 Å². The van der Waals surface area contributed by atoms with Gasteiger partial charge in [0.25, 0.3) is 0 Å². The van der Waals surface area contributed by atoms with E-state index in [1.54, 1.807) is 0 Å². The van der Waals surface area contributed by atoms with E-state index < -0.39 is 0 Å². The number of fused-ring (bicyclic) bond motifs is 1. The van der Waals surface area contributed by atoms with Crippen LogP contribution in [0.1, 0.15) is 136 Å². The molecule has 35 heavy (non-hydrogen) atoms. The van der Waals surface area contributed by atoms with Gasteiger partial charge < -0.3 is 9.88 Å². The smallest absolute Gasteiger partial charge is 0.225 e. The van der Waals surface area contributed by atoms with Gasteiger partial charge in [-0.05, 0) is 18.6 Å². The summed E-state index contributed by atoms with van der Waals surface area (Å²) in [7, 11) is 0. The lowest BCUT2D eigenvalue weighted by Crippen LogP contribution is -2.35. The second kappa shape index (κ2) is 16.8. The van der Waals surface area contributed by atoms with Gasteiger partial charge in [0.05, 0.1) is 17.6 Å². The topological polar surface area (TPSA) is 46.9 Å². The highest BCUT2D eigenvalue weighted by Crippen LogP contribution is 2.19. The van der Waals surface area contributed by atoms with E-state index in [-0.39, 0.29) is 11.3 Å². The first-order chi connectivity index (χ1) is 16.9. The summed E-state index contributed by atoms with van der Waals surface area (Å²) in [6, 6.07) is 8.32. The lowest BCUT2D eigenvalue weighted by Gasteiger charge is -2.18. The molecule has 0 unspecified atom stereocenters. The van der Waals surface area contributed by atoms with Crippen LogP contribution < -0.4 is 5.32 Å². The summed E-state index contributed by atoms with van der Waals surface area (Å²) >= 11 is 0. The lowest BCUT2D eigenvalue weighted by atomic mass is 9.96. The minimum absolute atomic E-state index is 0.0681. The first-order valence-corrected chi connectivity index (χ1v) is 14.7. The molecule has 1 N–H and O–H groups in total. The Labute approximate surface area is 215 Å². The first kappa shape index (κ1) is 29.4. The Kier molecular flexibility index (Phi) is 14.1. The van der Waals surface area contributed by atoms with Crippen molar-refractivity contribution in [2.75, 3.05) is 0 Å². The van der Waals surface area contributed by atoms with E-state index in [0.29, 0.717) is 6.54 Å². The van der Waals surface area contributed by atoms with E-state index in [1.807, 2.05) is 26.8 Å². The van der Waals surface area contributed by atoms with E-state index in [4.69, 9.17) is 4.98 Å². The Balaban J connectivity index is 1.58. The Morgan fingerprint density at radius 1 is 0.771 bits per heavy atom. The third kappa shape index (κ3) is 11.6. The molecule has 1 aromatic carbocycles. The van der Waals surface area contributed by atoms with Gasteiger partial charge in [0.2, 0.25) is 5.91 Å². The van der Waals surface area contributed by atoms with E-state index in [0.717, 1.165) is 17.9 Å². The second-order valence-electron chi connectivity index (χ2n) is 11.4. The number of nitrogens with one attached hydrogen (secondary N) is 1. The summed E-state index contributed by atoms with van der Waals surface area (Å²) in [6.07, 6.45) is 22.2. The maximum Gasteiger partial charge on any atom is 0.225 e. The van der Waals surface area contributed by atoms with Crippen LogP contribution in [-0.2, 0) is 17.9 Å². The molecule has 2 aromatic rings. The van der Waals surface area contributed by atoms with Crippen molar-refractivity contribution in [3.05, 3.63) is 30.1 Å². The summed E-state index contributed by atoms with van der Waals surface area (Å²) in [5.41, 5.74) is 1.81. The molecule has 0 saturated heterocycles. The highest BCUT2D eigenvalue weighted by molar-refractivity contribution is 5.81. The number of unbranched alkanes of at least 4 members (excludes halogenated alkanes) is 15. The molecule has 0 aliphatic carbocycles. The average Bonchev–Trinajstić information content (AvgIpc) is 3.19. The zero-order chi connectivity index (χ0) is 25.4. The van der Waals surface area contributed by atoms with Gasteiger partial charge in [0.15, 0.2) is 0 Å². The van der Waals surface area contributed by atoms with Crippen LogP contribution in [0.2, 0.25) is 0 Å². The van der Waals surface area contributed by atoms with E-state index in [1.165, 1.54) is 108 Å². The van der Waals surface area contributed by atoms with Crippen molar-refractivity contribution in [3.63, 3.8) is 0 Å². The molecule has 0 aliphatic rings. The molecule has 0 spiro atoms. The number of imidazole rings is 1. The first-order valence-electron chi connectivity index (χ1n) is 14.7. The summed E-state index contributed by atoms with van der Waals surface area (Å²) in [5.74, 6) is 1.03. The van der Waals surface area contributed by atoms with Crippen molar-refractivity contribution in [3.8, 4) is 0 Å². The molecular formula is C31H53N3O. The number of carbonyl (C=O) groups is 1. The molecule has 198 valence electrons. The monoisotopic (exact) mass is 483 g/mol. The standard InChI is InChI=1S/C31H53N3O/c1-5-6-7-8-9-10-11-12-13-14-15-16-17-18-19-22-25-34-28-24-21-20-23-27(28)33-29(34)26-32-30(35)31(2,3)4/h20-21,23-24H,5-19,22,25-26H2,1-4H3,(H,32,35). The van der Waals surface area contributed by atoms with E-state index in [9.17, 15) is 4.79 Å². The molecule has 0 fully saturated rings. The van der Waals surface area contributed by atoms with E-state index >= 15 is 0 Å². The summed E-state index contributed by atoms with van der Waals surface area (Å²) in [4.78, 5) is 17.1. The summed E-state index contributed by atoms with van der Waals surface area (Å²) < 4.78 is 2.31. The van der Waals surface area contributed by atoms with Crippen LogP contribution in [0.15, 0.2) is 24.3 Å². The maximum absolute atomic E-state index is 12.3. The molecule has 0 atom stereocenters. The Bertz CT molecular complexity index is 833. The van der Waals surface area contributed by atoms with E-state index in [2.05, 4.69) is 35.0 Å². The minimum Gasteiger partial charge on any atom is -0.348 e. The SMILES string of the molecule is CCCCCCCCCCCCCCCCCCn1c(CNC(=O)C(C)(C)C)nc2ccccc21. The Morgan fingerprint density at radius 3 is 1.77 bits per heavy atom. The number of hydrogen-bond donors (Lipinski definition) is 1. The van der Waals surface area contributed by atoms with Gasteiger partial charge in [-0.15, -0.1) is 0 Å². The van der Waals surface area contributed by atoms with Crippen molar-refractivity contribution in [2.24, 2.45) is 5.41 Å². The largest absolute Gasteiger partial charge is 0.348 e. The molecular weight excluding hydrogens is 430 g/mol. The number of hydrogen-bond acceptors (Lipinski definition) is 2. The van der Waals surface area contributed by atoms with Crippen LogP contribution in [0.4, 0.5) is 0 Å². The van der Waals surface area contributed by atoms with Crippen molar-refractivity contribution in [2.45, 2.75) is 144 Å². The number of nitrogens with zero attached hydrogens (tertiary/aromatic N) is 2. The van der Waals surface area contributed by atoms with Gasteiger partial charge >= 0.3 is 0 Å². The number of benzene rings is 1. The predicted molar refractivity (Wildman–Crippen MR) is 151 cm³/mol. The molecule has 4 heteroatoms. The molecule has 0 bridgehead atoms. The van der Waals surface area contributed by atoms with Gasteiger partial charge in [-0.3, -0.25) is 4.79 Å². The molecule has 1 aromatic heterocycles. The maximum atomic E-state index is 12.3. The minimum atomic E-state index is -0.384. The molecule has 0 saturated carbocycles. The molecule has 1 heterocycles. The number of para-hydroxylation sites is 2. The second-order valence-corrected chi connectivity index (χ2v) is 11.4. The van der Waals surface area contributed by atoms with Crippen LogP contribution in [0, 0.1) is 5.41 Å². The normalized spacial score (nSPS) is 11.9. The molecule has 1 amide bonds. The third-order valence-electron chi connectivity index (χ3n) is 7.06. The zero-order valence-corrected chi connectivity index (χ0v) is 23.3. The Hall–Kier alpha value is -1.84. The quantitative estimate of drug-likeness (QED) is 0.203. The van der Waals surface area contributed by atoms with Crippen LogP contribution >= 0.6 is 0 Å². The summed E-state index contributed by atoms with van der Waals surface area (Å²) in [6.45, 7) is 9.59. The number of rotatable bonds is 19. The highest BCUT2D eigenvalue weighted by Gasteiger charge is 2.21. The third-order valence-corrected chi connectivity index (χ3v) is 7.06. The van der Waals surface area contributed by atoms with Crippen molar-refractivity contribution in [1.29, 1.82) is 0 Å². The van der Waals surface area contributed by atoms with Crippen LogP contribution in [0.5, 0.6) is 0 Å². The van der Waals surface area contributed by atoms with Crippen molar-refractivity contribution < 1.29 is 4.79 Å². The lowest BCUT2D eigenvalue weighted by molar-refractivity contribution is -0.128. The molecule has 0 radical (unpaired) electrons. The highest BCUT2D eigenvalue weighted by atomic mass is 16.2. The number of aryl methyl sites for hydroxylation is 1. The fourth-order valence-corrected chi connectivity index (χ4v) is 4.75. The number of aromatic nitrogens is 2. The molecule has 0 aliphatic heterocycles. The summed E-state index contributed by atoms with van der Waals surface area (Å²) in [5, 5.41) is 3.07. The molecule has 4 nitrogen and oxygen atoms in total. The van der Waals surface area contributed by atoms with Gasteiger partial charge in [0.1, 0.15) is 5.82 Å². The van der Waals surface area contributed by atoms with Crippen molar-refractivity contribution in [1.82, 2.24) is 14.9 Å². The van der Waals surface area contributed by atoms with Crippen molar-refractivity contribution >= 4 is 16.9 Å². The Morgan fingerprint density at radius 2 is 1.26 bits per heavy atom. The zero-order valence-electron chi connectivity index (χ0n) is 23.3. The molecule has 2 rings (SSSR count). The number of carbonyl (C=O) groups excluding carboxylic acids is 1. The number of amides is 1. The van der Waals surface area contributed by atoms with Crippen LogP contribution in [-0.4, -0.2) is 15.5 Å². The van der Waals surface area contributed by atoms with Gasteiger partial charge in [-0.2, -0.15) is 0 Å². The predicted octanol–water partition coefficient (Wildman–Crippen LogP) is 8.96. The van der Waals surface area contributed by atoms with Gasteiger partial charge in [-0.1, -0.05) is 136 Å². The fraction of sp³-hybridized carbons (Fsp3) is 0.742. The fourth-order valence-electron chi connectivity index (χ4n) is 4.75. The van der Waals surface area contributed by atoms with Gasteiger partial charge in [0, 0.05) is 12.0 Å². The average molecular weight is 484 g/mol. The van der Waals surface area contributed by atoms with Crippen LogP contribution in [0.25, 0.3) is 11.0 Å². The van der Waals surface area contributed by atoms with Crippen LogP contribution in [0.3, 0.4) is 0 Å².